The number of benzene rings is 4. The molecule has 0 radical (unpaired) electrons. The molecule has 0 bridgehead atoms. The van der Waals surface area contributed by atoms with Crippen LogP contribution >= 0.6 is 0 Å². The Morgan fingerprint density at radius 1 is 0.592 bits per heavy atom. The van der Waals surface area contributed by atoms with Crippen LogP contribution in [-0.4, -0.2) is 49.7 Å². The number of tetrazole rings is 1. The van der Waals surface area contributed by atoms with E-state index in [1.54, 1.807) is 19.9 Å². The molecular weight excluding hydrogens is 897 g/mol. The maximum atomic E-state index is 14.6. The van der Waals surface area contributed by atoms with Crippen molar-refractivity contribution in [2.24, 2.45) is 0 Å². The van der Waals surface area contributed by atoms with Gasteiger partial charge in [0.25, 0.3) is 11.1 Å². The summed E-state index contributed by atoms with van der Waals surface area (Å²) >= 11 is 0. The molecule has 0 fully saturated rings. The topological polar surface area (TPSA) is 174 Å². The van der Waals surface area contributed by atoms with Gasteiger partial charge < -0.3 is 0 Å². The normalized spacial score (nSPS) is 10.9. The standard InChI is InChI=1S/C28H26FN7O.C28H25FN4O/c1-3-4-11-25-23(28(37)36(18(2)31-25)27-24(29)10-7-16-30-27)17-19-12-14-20(15-13-19)21-8-5-6-9-22(21)26-32-34-35-33-26;1-3-4-11-26-24(28(34)33(19(2)32-26)27-25(29)10-7-16-31-27)17-20-12-14-21(15-13-20)23-9-6-5-8-22(23)18-30/h5-10,12-16H,3-4,11,17H2,1-2H3,(H,32,33,34,35);5-10,12-16H,3-4,11,17H2,1-2H3. The number of halogens is 2. The van der Waals surface area contributed by atoms with E-state index in [1.165, 1.54) is 45.8 Å². The number of unbranched alkanes of at least 4 members (excludes halogenated alkanes) is 2. The van der Waals surface area contributed by atoms with Crippen LogP contribution in [0, 0.1) is 36.8 Å². The number of hydrogen-bond donors (Lipinski definition) is 1. The predicted molar refractivity (Wildman–Crippen MR) is 269 cm³/mol. The van der Waals surface area contributed by atoms with E-state index in [0.717, 1.165) is 76.0 Å². The second-order valence-electron chi connectivity index (χ2n) is 17.0. The molecule has 71 heavy (non-hydrogen) atoms. The molecule has 4 aromatic carbocycles. The van der Waals surface area contributed by atoms with Gasteiger partial charge in [-0.3, -0.25) is 9.59 Å². The average Bonchev–Trinajstić information content (AvgIpc) is 3.94. The molecule has 9 aromatic rings. The van der Waals surface area contributed by atoms with Gasteiger partial charge in [-0.1, -0.05) is 118 Å². The number of nitrogens with zero attached hydrogens (tertiary/aromatic N) is 10. The van der Waals surface area contributed by atoms with E-state index in [2.05, 4.69) is 50.5 Å². The molecule has 9 rings (SSSR count). The maximum absolute atomic E-state index is 14.6. The van der Waals surface area contributed by atoms with Crippen LogP contribution in [0.5, 0.6) is 0 Å². The Kier molecular flexibility index (Phi) is 15.6. The zero-order valence-corrected chi connectivity index (χ0v) is 39.9. The fraction of sp³-hybridized carbons (Fsp3) is 0.214. The highest BCUT2D eigenvalue weighted by Crippen LogP contribution is 2.30. The van der Waals surface area contributed by atoms with E-state index in [4.69, 9.17) is 9.97 Å². The summed E-state index contributed by atoms with van der Waals surface area (Å²) in [6.45, 7) is 7.61. The van der Waals surface area contributed by atoms with Gasteiger partial charge in [0.05, 0.1) is 23.0 Å². The van der Waals surface area contributed by atoms with Crippen LogP contribution in [0.3, 0.4) is 0 Å². The Bertz CT molecular complexity index is 3460. The first-order valence-corrected chi connectivity index (χ1v) is 23.5. The summed E-state index contributed by atoms with van der Waals surface area (Å²) in [6.07, 6.45) is 8.83. The molecule has 5 aromatic heterocycles. The van der Waals surface area contributed by atoms with Gasteiger partial charge in [-0.2, -0.15) is 10.5 Å². The summed E-state index contributed by atoms with van der Waals surface area (Å²) < 4.78 is 31.6. The molecule has 5 heterocycles. The quantitative estimate of drug-likeness (QED) is 0.104. The van der Waals surface area contributed by atoms with Gasteiger partial charge >= 0.3 is 0 Å². The second kappa shape index (κ2) is 22.6. The molecule has 0 aliphatic heterocycles. The van der Waals surface area contributed by atoms with Gasteiger partial charge in [0.1, 0.15) is 11.6 Å². The molecule has 15 heteroatoms. The number of pyridine rings is 2. The van der Waals surface area contributed by atoms with Crippen LogP contribution < -0.4 is 11.1 Å². The molecule has 0 spiro atoms. The lowest BCUT2D eigenvalue weighted by atomic mass is 9.96. The van der Waals surface area contributed by atoms with E-state index in [0.29, 0.717) is 59.8 Å². The van der Waals surface area contributed by atoms with Crippen LogP contribution in [0.1, 0.15) is 90.4 Å². The Hall–Kier alpha value is -8.64. The van der Waals surface area contributed by atoms with Gasteiger partial charge in [-0.25, -0.2) is 37.9 Å². The lowest BCUT2D eigenvalue weighted by molar-refractivity contribution is 0.600. The Balaban J connectivity index is 0.000000191. The van der Waals surface area contributed by atoms with E-state index >= 15 is 0 Å². The first kappa shape index (κ1) is 48.8. The predicted octanol–water partition coefficient (Wildman–Crippen LogP) is 10.4. The van der Waals surface area contributed by atoms with Crippen molar-refractivity contribution in [3.8, 4) is 51.3 Å². The highest BCUT2D eigenvalue weighted by Gasteiger charge is 2.21. The van der Waals surface area contributed by atoms with Crippen molar-refractivity contribution in [3.63, 3.8) is 0 Å². The summed E-state index contributed by atoms with van der Waals surface area (Å²) in [5.41, 5.74) is 9.16. The number of nitrogens with one attached hydrogen (secondary N) is 1. The van der Waals surface area contributed by atoms with Crippen molar-refractivity contribution >= 4 is 0 Å². The Morgan fingerprint density at radius 2 is 1.06 bits per heavy atom. The highest BCUT2D eigenvalue weighted by atomic mass is 19.1. The number of rotatable bonds is 15. The molecule has 0 aliphatic rings. The van der Waals surface area contributed by atoms with Crippen LogP contribution in [-0.2, 0) is 25.7 Å². The third-order valence-corrected chi connectivity index (χ3v) is 12.1. The fourth-order valence-electron chi connectivity index (χ4n) is 8.53. The van der Waals surface area contributed by atoms with E-state index < -0.39 is 11.6 Å². The molecule has 0 amide bonds. The van der Waals surface area contributed by atoms with Crippen LogP contribution in [0.2, 0.25) is 0 Å². The molecule has 0 saturated heterocycles. The fourth-order valence-corrected chi connectivity index (χ4v) is 8.53. The van der Waals surface area contributed by atoms with Gasteiger partial charge in [-0.15, -0.1) is 10.2 Å². The maximum Gasteiger partial charge on any atom is 0.263 e. The molecule has 0 unspecified atom stereocenters. The van der Waals surface area contributed by atoms with Crippen molar-refractivity contribution in [1.82, 2.24) is 49.7 Å². The van der Waals surface area contributed by atoms with E-state index in [9.17, 15) is 23.6 Å². The van der Waals surface area contributed by atoms with Crippen molar-refractivity contribution in [1.29, 1.82) is 5.26 Å². The zero-order valence-electron chi connectivity index (χ0n) is 39.9. The van der Waals surface area contributed by atoms with Gasteiger partial charge in [0.15, 0.2) is 23.3 Å². The van der Waals surface area contributed by atoms with Crippen LogP contribution in [0.25, 0.3) is 45.3 Å². The Labute approximate surface area is 409 Å². The van der Waals surface area contributed by atoms with Gasteiger partial charge in [0, 0.05) is 41.9 Å². The number of aryl methyl sites for hydroxylation is 4. The number of aromatic nitrogens is 10. The largest absolute Gasteiger partial charge is 0.268 e. The monoisotopic (exact) mass is 947 g/mol. The summed E-state index contributed by atoms with van der Waals surface area (Å²) in [7, 11) is 0. The third kappa shape index (κ3) is 11.0. The van der Waals surface area contributed by atoms with Crippen LogP contribution in [0.15, 0.2) is 143 Å². The highest BCUT2D eigenvalue weighted by molar-refractivity contribution is 5.80. The van der Waals surface area contributed by atoms with E-state index in [-0.39, 0.29) is 22.8 Å². The third-order valence-electron chi connectivity index (χ3n) is 12.1. The number of hydrogen-bond acceptors (Lipinski definition) is 10. The smallest absolute Gasteiger partial charge is 0.263 e. The number of nitriles is 1. The second-order valence-corrected chi connectivity index (χ2v) is 17.0. The lowest BCUT2D eigenvalue weighted by Crippen LogP contribution is -2.29. The molecule has 0 aliphatic carbocycles. The molecule has 1 N–H and O–H groups in total. The van der Waals surface area contributed by atoms with E-state index in [1.807, 2.05) is 91.0 Å². The van der Waals surface area contributed by atoms with Crippen molar-refractivity contribution in [2.75, 3.05) is 0 Å². The van der Waals surface area contributed by atoms with Crippen molar-refractivity contribution < 1.29 is 8.78 Å². The minimum absolute atomic E-state index is 0.0331. The van der Waals surface area contributed by atoms with Gasteiger partial charge in [0.2, 0.25) is 5.82 Å². The summed E-state index contributed by atoms with van der Waals surface area (Å²) in [6, 6.07) is 39.0. The molecule has 0 atom stereocenters. The number of aromatic amines is 1. The average molecular weight is 948 g/mol. The minimum atomic E-state index is -0.567. The lowest BCUT2D eigenvalue weighted by Gasteiger charge is -2.15. The summed E-state index contributed by atoms with van der Waals surface area (Å²) in [5, 5.41) is 23.8. The van der Waals surface area contributed by atoms with Crippen molar-refractivity contribution in [2.45, 2.75) is 79.1 Å². The van der Waals surface area contributed by atoms with Crippen LogP contribution in [0.4, 0.5) is 8.78 Å². The number of H-pyrrole nitrogens is 1. The minimum Gasteiger partial charge on any atom is -0.268 e. The first-order valence-electron chi connectivity index (χ1n) is 23.5. The molecule has 0 saturated carbocycles. The Morgan fingerprint density at radius 3 is 1.51 bits per heavy atom. The zero-order chi connectivity index (χ0) is 49.9. The molecular formula is C56H51F2N11O2. The summed E-state index contributed by atoms with van der Waals surface area (Å²) in [4.78, 5) is 44.9. The van der Waals surface area contributed by atoms with Gasteiger partial charge in [-0.05, 0) is 108 Å². The first-order chi connectivity index (χ1) is 34.6. The summed E-state index contributed by atoms with van der Waals surface area (Å²) in [5.74, 6) is 0.159. The SMILES string of the molecule is CCCCc1nc(C)n(-c2ncccc2F)c(=O)c1Cc1ccc(-c2ccccc2-c2nn[nH]n2)cc1.CCCCc1nc(C)n(-c2ncccc2F)c(=O)c1Cc1ccc(-c2ccccc2C#N)cc1. The molecule has 13 nitrogen and oxygen atoms in total. The van der Waals surface area contributed by atoms with Crippen molar-refractivity contribution in [3.05, 3.63) is 217 Å². The molecule has 356 valence electrons.